The molecule has 0 saturated carbocycles. The van der Waals surface area contributed by atoms with E-state index < -0.39 is 0 Å². The summed E-state index contributed by atoms with van der Waals surface area (Å²) in [5.74, 6) is 0. The molecule has 1 aromatic heterocycles. The Labute approximate surface area is 136 Å². The minimum atomic E-state index is -0.0106. The van der Waals surface area contributed by atoms with Crippen LogP contribution in [0.15, 0.2) is 47.8 Å². The summed E-state index contributed by atoms with van der Waals surface area (Å²) in [6, 6.07) is 14.8. The summed E-state index contributed by atoms with van der Waals surface area (Å²) in [7, 11) is 0. The topological polar surface area (TPSA) is 38.9 Å². The Hall–Kier alpha value is -1.71. The molecule has 1 atom stereocenters. The van der Waals surface area contributed by atoms with Crippen molar-refractivity contribution in [3.05, 3.63) is 64.1 Å². The van der Waals surface area contributed by atoms with Gasteiger partial charge in [-0.2, -0.15) is 0 Å². The van der Waals surface area contributed by atoms with Gasteiger partial charge >= 0.3 is 0 Å². The van der Waals surface area contributed by atoms with Crippen molar-refractivity contribution in [1.82, 2.24) is 4.98 Å². The largest absolute Gasteiger partial charge is 0.324 e. The maximum atomic E-state index is 6.40. The zero-order valence-corrected chi connectivity index (χ0v) is 14.2. The van der Waals surface area contributed by atoms with Gasteiger partial charge in [-0.1, -0.05) is 57.2 Å². The predicted octanol–water partition coefficient (Wildman–Crippen LogP) is 4.84. The molecule has 0 aliphatic rings. The van der Waals surface area contributed by atoms with Gasteiger partial charge in [0.25, 0.3) is 0 Å². The summed E-state index contributed by atoms with van der Waals surface area (Å²) in [6.07, 6.45) is 0.791. The molecule has 0 fully saturated rings. The van der Waals surface area contributed by atoms with E-state index in [1.165, 1.54) is 16.3 Å². The number of rotatable bonds is 3. The molecule has 2 aromatic carbocycles. The van der Waals surface area contributed by atoms with Crippen molar-refractivity contribution in [3.8, 4) is 0 Å². The summed E-state index contributed by atoms with van der Waals surface area (Å²) >= 11 is 1.71. The highest BCUT2D eigenvalue weighted by molar-refractivity contribution is 7.09. The lowest BCUT2D eigenvalue weighted by Gasteiger charge is -2.15. The van der Waals surface area contributed by atoms with E-state index >= 15 is 0 Å². The van der Waals surface area contributed by atoms with E-state index in [0.29, 0.717) is 0 Å². The van der Waals surface area contributed by atoms with Crippen LogP contribution in [-0.2, 0) is 11.8 Å². The number of thiazole rings is 1. The zero-order chi connectivity index (χ0) is 15.7. The summed E-state index contributed by atoms with van der Waals surface area (Å²) in [6.45, 7) is 6.57. The predicted molar refractivity (Wildman–Crippen MR) is 95.4 cm³/mol. The molecule has 3 rings (SSSR count). The Balaban J connectivity index is 1.80. The molecule has 1 heterocycles. The van der Waals surface area contributed by atoms with E-state index in [2.05, 4.69) is 68.6 Å². The van der Waals surface area contributed by atoms with Gasteiger partial charge < -0.3 is 5.73 Å². The van der Waals surface area contributed by atoms with Crippen molar-refractivity contribution in [2.45, 2.75) is 38.6 Å². The molecule has 22 heavy (non-hydrogen) atoms. The van der Waals surface area contributed by atoms with Crippen LogP contribution in [-0.4, -0.2) is 4.98 Å². The summed E-state index contributed by atoms with van der Waals surface area (Å²) in [5.41, 5.74) is 8.83. The number of hydrogen-bond donors (Lipinski definition) is 1. The van der Waals surface area contributed by atoms with E-state index in [0.717, 1.165) is 17.1 Å². The van der Waals surface area contributed by atoms with Crippen molar-refractivity contribution in [3.63, 3.8) is 0 Å². The maximum Gasteiger partial charge on any atom is 0.0947 e. The highest BCUT2D eigenvalue weighted by Gasteiger charge is 2.18. The van der Waals surface area contributed by atoms with Gasteiger partial charge in [-0.3, -0.25) is 0 Å². The molecule has 3 aromatic rings. The average molecular weight is 310 g/mol. The van der Waals surface area contributed by atoms with E-state index in [1.54, 1.807) is 11.3 Å². The summed E-state index contributed by atoms with van der Waals surface area (Å²) < 4.78 is 0. The van der Waals surface area contributed by atoms with Crippen LogP contribution in [0.1, 0.15) is 43.1 Å². The lowest BCUT2D eigenvalue weighted by atomic mass is 9.93. The van der Waals surface area contributed by atoms with Crippen LogP contribution < -0.4 is 5.73 Å². The minimum Gasteiger partial charge on any atom is -0.324 e. The van der Waals surface area contributed by atoms with Crippen molar-refractivity contribution in [2.75, 3.05) is 0 Å². The number of hydrogen-bond acceptors (Lipinski definition) is 3. The monoisotopic (exact) mass is 310 g/mol. The molecule has 2 N–H and O–H groups in total. The van der Waals surface area contributed by atoms with Crippen LogP contribution in [0.4, 0.5) is 0 Å². The third-order valence-electron chi connectivity index (χ3n) is 3.92. The Morgan fingerprint density at radius 2 is 1.82 bits per heavy atom. The van der Waals surface area contributed by atoms with Crippen LogP contribution in [0.2, 0.25) is 0 Å². The van der Waals surface area contributed by atoms with Crippen molar-refractivity contribution in [1.29, 1.82) is 0 Å². The van der Waals surface area contributed by atoms with Gasteiger partial charge in [-0.25, -0.2) is 4.98 Å². The first kappa shape index (κ1) is 15.2. The SMILES string of the molecule is CC(C)(C)c1csc(CC(N)c2ccc3ccccc3c2)n1. The van der Waals surface area contributed by atoms with Gasteiger partial charge in [-0.05, 0) is 22.4 Å². The first-order valence-electron chi connectivity index (χ1n) is 7.62. The second-order valence-electron chi connectivity index (χ2n) is 6.79. The molecule has 0 aliphatic heterocycles. The lowest BCUT2D eigenvalue weighted by molar-refractivity contribution is 0.569. The highest BCUT2D eigenvalue weighted by Crippen LogP contribution is 2.27. The molecule has 0 aliphatic carbocycles. The van der Waals surface area contributed by atoms with E-state index in [-0.39, 0.29) is 11.5 Å². The molecule has 0 radical (unpaired) electrons. The molecule has 0 saturated heterocycles. The fourth-order valence-corrected chi connectivity index (χ4v) is 3.57. The van der Waals surface area contributed by atoms with E-state index in [1.807, 2.05) is 0 Å². The third kappa shape index (κ3) is 3.21. The molecule has 2 nitrogen and oxygen atoms in total. The molecule has 0 amide bonds. The fourth-order valence-electron chi connectivity index (χ4n) is 2.49. The normalized spacial score (nSPS) is 13.5. The standard InChI is InChI=1S/C19H22N2S/c1-19(2,3)17-12-22-18(21-17)11-16(20)15-9-8-13-6-4-5-7-14(13)10-15/h4-10,12,16H,11,20H2,1-3H3. The van der Waals surface area contributed by atoms with Gasteiger partial charge in [0.05, 0.1) is 10.7 Å². The van der Waals surface area contributed by atoms with Crippen molar-refractivity contribution < 1.29 is 0 Å². The second kappa shape index (κ2) is 5.82. The van der Waals surface area contributed by atoms with Crippen LogP contribution >= 0.6 is 11.3 Å². The highest BCUT2D eigenvalue weighted by atomic mass is 32.1. The van der Waals surface area contributed by atoms with Crippen LogP contribution in [0, 0.1) is 0 Å². The smallest absolute Gasteiger partial charge is 0.0947 e. The molecule has 0 spiro atoms. The molecular formula is C19H22N2S. The quantitative estimate of drug-likeness (QED) is 0.752. The van der Waals surface area contributed by atoms with E-state index in [9.17, 15) is 0 Å². The molecule has 1 unspecified atom stereocenters. The number of aromatic nitrogens is 1. The van der Waals surface area contributed by atoms with Crippen LogP contribution in [0.3, 0.4) is 0 Å². The molecular weight excluding hydrogens is 288 g/mol. The van der Waals surface area contributed by atoms with Gasteiger partial charge in [-0.15, -0.1) is 11.3 Å². The van der Waals surface area contributed by atoms with Crippen LogP contribution in [0.5, 0.6) is 0 Å². The zero-order valence-electron chi connectivity index (χ0n) is 13.3. The Bertz CT molecular complexity index is 783. The Kier molecular flexibility index (Phi) is 4.02. The number of benzene rings is 2. The average Bonchev–Trinajstić information content (AvgIpc) is 2.95. The van der Waals surface area contributed by atoms with E-state index in [4.69, 9.17) is 10.7 Å². The first-order valence-corrected chi connectivity index (χ1v) is 8.50. The van der Waals surface area contributed by atoms with Crippen LogP contribution in [0.25, 0.3) is 10.8 Å². The van der Waals surface area contributed by atoms with Crippen molar-refractivity contribution in [2.24, 2.45) is 5.73 Å². The fraction of sp³-hybridized carbons (Fsp3) is 0.316. The van der Waals surface area contributed by atoms with Gasteiger partial charge in [0.15, 0.2) is 0 Å². The Morgan fingerprint density at radius 3 is 2.50 bits per heavy atom. The second-order valence-corrected chi connectivity index (χ2v) is 7.74. The number of nitrogens with zero attached hydrogens (tertiary/aromatic N) is 1. The van der Waals surface area contributed by atoms with Gasteiger partial charge in [0.2, 0.25) is 0 Å². The summed E-state index contributed by atoms with van der Waals surface area (Å²) in [4.78, 5) is 4.75. The maximum absolute atomic E-state index is 6.40. The molecule has 0 bridgehead atoms. The Morgan fingerprint density at radius 1 is 1.09 bits per heavy atom. The van der Waals surface area contributed by atoms with Gasteiger partial charge in [0.1, 0.15) is 0 Å². The molecule has 114 valence electrons. The van der Waals surface area contributed by atoms with Crippen molar-refractivity contribution >= 4 is 22.1 Å². The number of nitrogens with two attached hydrogens (primary N) is 1. The summed E-state index contributed by atoms with van der Waals surface area (Å²) in [5, 5.41) is 5.76. The molecule has 3 heteroatoms. The lowest BCUT2D eigenvalue weighted by Crippen LogP contribution is -2.14. The third-order valence-corrected chi connectivity index (χ3v) is 4.79. The first-order chi connectivity index (χ1) is 10.4. The minimum absolute atomic E-state index is 0.0106. The van der Waals surface area contributed by atoms with Gasteiger partial charge in [0, 0.05) is 23.3 Å². The number of fused-ring (bicyclic) bond motifs is 1.